The molecule has 1 rings (SSSR count). The van der Waals surface area contributed by atoms with Crippen LogP contribution in [0.2, 0.25) is 5.02 Å². The second-order valence-corrected chi connectivity index (χ2v) is 4.64. The number of carboxylic acid groups (broad SMARTS) is 2. The number of carboxylic acids is 2. The third-order valence-corrected chi connectivity index (χ3v) is 3.19. The third-order valence-electron chi connectivity index (χ3n) is 2.87. The van der Waals surface area contributed by atoms with E-state index in [9.17, 15) is 24.5 Å². The first kappa shape index (κ1) is 16.6. The summed E-state index contributed by atoms with van der Waals surface area (Å²) in [4.78, 5) is 43.8. The highest BCUT2D eigenvalue weighted by molar-refractivity contribution is 6.32. The number of carbonyl (C=O) groups is 3. The first-order chi connectivity index (χ1) is 9.66. The Morgan fingerprint density at radius 1 is 1.24 bits per heavy atom. The summed E-state index contributed by atoms with van der Waals surface area (Å²) in [5, 5.41) is 28.2. The van der Waals surface area contributed by atoms with Gasteiger partial charge in [0, 0.05) is 17.5 Å². The van der Waals surface area contributed by atoms with Crippen molar-refractivity contribution in [3.05, 3.63) is 38.9 Å². The number of rotatable bonds is 6. The van der Waals surface area contributed by atoms with Gasteiger partial charge in [0.05, 0.1) is 4.92 Å². The Labute approximate surface area is 123 Å². The first-order valence-electron chi connectivity index (χ1n) is 5.60. The molecule has 0 fully saturated rings. The molecule has 0 aromatic heterocycles. The van der Waals surface area contributed by atoms with E-state index in [0.29, 0.717) is 0 Å². The van der Waals surface area contributed by atoms with Crippen LogP contribution in [0.25, 0.3) is 0 Å². The van der Waals surface area contributed by atoms with E-state index in [0.717, 1.165) is 19.1 Å². The Morgan fingerprint density at radius 3 is 2.19 bits per heavy atom. The van der Waals surface area contributed by atoms with Crippen molar-refractivity contribution in [1.82, 2.24) is 0 Å². The van der Waals surface area contributed by atoms with Gasteiger partial charge in [-0.2, -0.15) is 0 Å². The van der Waals surface area contributed by atoms with Crippen LogP contribution in [0.15, 0.2) is 18.2 Å². The quantitative estimate of drug-likeness (QED) is 0.354. The Hall–Kier alpha value is -2.48. The van der Waals surface area contributed by atoms with Crippen molar-refractivity contribution in [2.45, 2.75) is 6.92 Å². The lowest BCUT2D eigenvalue weighted by Gasteiger charge is -2.15. The van der Waals surface area contributed by atoms with Crippen LogP contribution in [-0.4, -0.2) is 32.9 Å². The first-order valence-corrected chi connectivity index (χ1v) is 5.98. The van der Waals surface area contributed by atoms with E-state index in [1.165, 1.54) is 6.07 Å². The number of carbonyl (C=O) groups excluding carboxylic acids is 1. The van der Waals surface area contributed by atoms with E-state index < -0.39 is 40.2 Å². The topological polar surface area (TPSA) is 135 Å². The summed E-state index contributed by atoms with van der Waals surface area (Å²) in [7, 11) is 0. The number of hydrogen-bond donors (Lipinski definition) is 2. The van der Waals surface area contributed by atoms with Gasteiger partial charge in [-0.3, -0.25) is 24.5 Å². The smallest absolute Gasteiger partial charge is 0.318 e. The molecule has 9 heteroatoms. The lowest BCUT2D eigenvalue weighted by molar-refractivity contribution is -0.384. The van der Waals surface area contributed by atoms with E-state index in [1.54, 1.807) is 0 Å². The molecule has 1 aromatic rings. The molecule has 0 aliphatic heterocycles. The maximum absolute atomic E-state index is 12.1. The van der Waals surface area contributed by atoms with Crippen LogP contribution in [-0.2, 0) is 9.59 Å². The van der Waals surface area contributed by atoms with E-state index in [1.807, 2.05) is 0 Å². The number of hydrogen-bond acceptors (Lipinski definition) is 5. The van der Waals surface area contributed by atoms with Crippen LogP contribution in [0.5, 0.6) is 0 Å². The molecule has 1 unspecified atom stereocenters. The number of nitrogens with zero attached hydrogens (tertiary/aromatic N) is 1. The van der Waals surface area contributed by atoms with Crippen LogP contribution in [0.1, 0.15) is 17.3 Å². The van der Waals surface area contributed by atoms with Gasteiger partial charge >= 0.3 is 11.9 Å². The predicted octanol–water partition coefficient (Wildman–Crippen LogP) is 1.85. The van der Waals surface area contributed by atoms with Crippen LogP contribution >= 0.6 is 11.6 Å². The van der Waals surface area contributed by atoms with Gasteiger partial charge in [-0.1, -0.05) is 18.5 Å². The van der Waals surface area contributed by atoms with Crippen LogP contribution in [0, 0.1) is 22.0 Å². The minimum atomic E-state index is -1.94. The molecule has 112 valence electrons. The van der Waals surface area contributed by atoms with E-state index >= 15 is 0 Å². The lowest BCUT2D eigenvalue weighted by atomic mass is 9.87. The molecule has 0 aliphatic rings. The standard InChI is InChI=1S/C12H10ClNO7/c1-5(9(11(16)17)12(18)19)10(15)6-2-3-7(13)8(4-6)14(20)21/h2-5,9H,1H3,(H,16,17)(H,18,19). The van der Waals surface area contributed by atoms with Gasteiger partial charge in [0.1, 0.15) is 5.02 Å². The van der Waals surface area contributed by atoms with E-state index in [4.69, 9.17) is 21.8 Å². The normalized spacial score (nSPS) is 12.0. The second kappa shape index (κ2) is 6.31. The highest BCUT2D eigenvalue weighted by Crippen LogP contribution is 2.27. The molecule has 0 amide bonds. The highest BCUT2D eigenvalue weighted by Gasteiger charge is 2.37. The van der Waals surface area contributed by atoms with Crippen molar-refractivity contribution >= 4 is 35.0 Å². The Morgan fingerprint density at radius 2 is 1.76 bits per heavy atom. The SMILES string of the molecule is CC(C(=O)c1ccc(Cl)c([N+](=O)[O-])c1)C(C(=O)O)C(=O)O. The summed E-state index contributed by atoms with van der Waals surface area (Å²) < 4.78 is 0. The number of Topliss-reactive ketones (excluding diaryl/α,β-unsaturated/α-hetero) is 1. The van der Waals surface area contributed by atoms with Gasteiger partial charge in [0.15, 0.2) is 11.7 Å². The van der Waals surface area contributed by atoms with Crippen molar-refractivity contribution in [3.63, 3.8) is 0 Å². The van der Waals surface area contributed by atoms with E-state index in [-0.39, 0.29) is 10.6 Å². The summed E-state index contributed by atoms with van der Waals surface area (Å²) in [5.41, 5.74) is -0.692. The maximum Gasteiger partial charge on any atom is 0.318 e. The molecule has 0 aliphatic carbocycles. The largest absolute Gasteiger partial charge is 0.481 e. The minimum absolute atomic E-state index is 0.175. The Balaban J connectivity index is 3.19. The summed E-state index contributed by atoms with van der Waals surface area (Å²) in [6.45, 7) is 1.13. The Kier molecular flexibility index (Phi) is 4.98. The molecule has 0 saturated heterocycles. The second-order valence-electron chi connectivity index (χ2n) is 4.23. The number of halogens is 1. The number of aliphatic carboxylic acids is 2. The minimum Gasteiger partial charge on any atom is -0.481 e. The zero-order chi connectivity index (χ0) is 16.3. The molecule has 8 nitrogen and oxygen atoms in total. The van der Waals surface area contributed by atoms with Gasteiger partial charge < -0.3 is 10.2 Å². The average molecular weight is 316 g/mol. The van der Waals surface area contributed by atoms with Gasteiger partial charge in [-0.15, -0.1) is 0 Å². The number of ketones is 1. The lowest BCUT2D eigenvalue weighted by Crippen LogP contribution is -2.34. The van der Waals surface area contributed by atoms with Gasteiger partial charge in [-0.25, -0.2) is 0 Å². The monoisotopic (exact) mass is 315 g/mol. The van der Waals surface area contributed by atoms with Crippen LogP contribution < -0.4 is 0 Å². The predicted molar refractivity (Wildman–Crippen MR) is 70.4 cm³/mol. The molecule has 0 heterocycles. The van der Waals surface area contributed by atoms with Crippen LogP contribution in [0.3, 0.4) is 0 Å². The fraction of sp³-hybridized carbons (Fsp3) is 0.250. The summed E-state index contributed by atoms with van der Waals surface area (Å²) in [6.07, 6.45) is 0. The maximum atomic E-state index is 12.1. The zero-order valence-corrected chi connectivity index (χ0v) is 11.4. The van der Waals surface area contributed by atoms with Crippen molar-refractivity contribution in [3.8, 4) is 0 Å². The van der Waals surface area contributed by atoms with Crippen molar-refractivity contribution in [2.75, 3.05) is 0 Å². The molecular weight excluding hydrogens is 306 g/mol. The van der Waals surface area contributed by atoms with Crippen LogP contribution in [0.4, 0.5) is 5.69 Å². The van der Waals surface area contributed by atoms with Crippen molar-refractivity contribution in [1.29, 1.82) is 0 Å². The third kappa shape index (κ3) is 3.54. The van der Waals surface area contributed by atoms with Gasteiger partial charge in [0.25, 0.3) is 5.69 Å². The highest BCUT2D eigenvalue weighted by atomic mass is 35.5. The zero-order valence-electron chi connectivity index (χ0n) is 10.6. The van der Waals surface area contributed by atoms with Gasteiger partial charge in [0.2, 0.25) is 0 Å². The molecular formula is C12H10ClNO7. The molecule has 21 heavy (non-hydrogen) atoms. The number of nitro groups is 1. The van der Waals surface area contributed by atoms with Crippen molar-refractivity contribution < 1.29 is 29.5 Å². The molecule has 0 spiro atoms. The summed E-state index contributed by atoms with van der Waals surface area (Å²) in [5.74, 6) is -7.48. The average Bonchev–Trinajstić information content (AvgIpc) is 2.37. The van der Waals surface area contributed by atoms with E-state index in [2.05, 4.69) is 0 Å². The molecule has 1 atom stereocenters. The Bertz CT molecular complexity index is 614. The summed E-state index contributed by atoms with van der Waals surface area (Å²) >= 11 is 5.60. The molecule has 0 bridgehead atoms. The molecule has 0 radical (unpaired) electrons. The van der Waals surface area contributed by atoms with Gasteiger partial charge in [-0.05, 0) is 12.1 Å². The molecule has 0 saturated carbocycles. The fourth-order valence-corrected chi connectivity index (χ4v) is 1.94. The molecule has 1 aromatic carbocycles. The summed E-state index contributed by atoms with van der Waals surface area (Å²) in [6, 6.07) is 3.19. The van der Waals surface area contributed by atoms with Crippen molar-refractivity contribution in [2.24, 2.45) is 11.8 Å². The molecule has 2 N–H and O–H groups in total. The number of benzene rings is 1. The number of nitro benzene ring substituents is 1. The fourth-order valence-electron chi connectivity index (χ4n) is 1.75.